The minimum Gasteiger partial charge on any atom is -0.497 e. The zero-order chi connectivity index (χ0) is 23.2. The van der Waals surface area contributed by atoms with Crippen molar-refractivity contribution >= 4 is 29.3 Å². The van der Waals surface area contributed by atoms with Crippen LogP contribution in [-0.4, -0.2) is 58.1 Å². The first-order valence-electron chi connectivity index (χ1n) is 11.0. The summed E-state index contributed by atoms with van der Waals surface area (Å²) in [4.78, 5) is 15.1. The zero-order valence-electron chi connectivity index (χ0n) is 18.8. The highest BCUT2D eigenvalue weighted by molar-refractivity contribution is 7.99. The summed E-state index contributed by atoms with van der Waals surface area (Å²) in [5.74, 6) is 1.06. The second-order valence-electron chi connectivity index (χ2n) is 8.04. The van der Waals surface area contributed by atoms with Crippen molar-refractivity contribution in [2.45, 2.75) is 31.0 Å². The summed E-state index contributed by atoms with van der Waals surface area (Å²) in [7, 11) is 1.67. The number of hydrogen-bond donors (Lipinski definition) is 1. The third kappa shape index (κ3) is 5.88. The highest BCUT2D eigenvalue weighted by Gasteiger charge is 2.24. The molecule has 1 saturated heterocycles. The largest absolute Gasteiger partial charge is 0.497 e. The predicted molar refractivity (Wildman–Crippen MR) is 131 cm³/mol. The van der Waals surface area contributed by atoms with Crippen LogP contribution < -0.4 is 10.1 Å². The molecule has 1 fully saturated rings. The molecule has 0 bridgehead atoms. The number of hydrogen-bond acceptors (Lipinski definition) is 6. The van der Waals surface area contributed by atoms with Crippen molar-refractivity contribution in [1.29, 1.82) is 0 Å². The SMILES string of the molecule is COc1ccc([C@@H](CNC(=O)CSc2nncn2-c2ccc(C)c(Cl)c2)N2CCCC2)cc1. The molecule has 0 unspecified atom stereocenters. The van der Waals surface area contributed by atoms with Crippen molar-refractivity contribution < 1.29 is 9.53 Å². The molecule has 1 atom stereocenters. The van der Waals surface area contributed by atoms with Crippen molar-refractivity contribution in [3.63, 3.8) is 0 Å². The molecule has 2 aromatic carbocycles. The van der Waals surface area contributed by atoms with Gasteiger partial charge in [-0.3, -0.25) is 14.3 Å². The van der Waals surface area contributed by atoms with Crippen molar-refractivity contribution in [2.24, 2.45) is 0 Å². The minimum atomic E-state index is -0.0332. The van der Waals surface area contributed by atoms with E-state index in [0.717, 1.165) is 30.1 Å². The van der Waals surface area contributed by atoms with Gasteiger partial charge in [0.15, 0.2) is 5.16 Å². The number of nitrogens with zero attached hydrogens (tertiary/aromatic N) is 4. The van der Waals surface area contributed by atoms with Crippen molar-refractivity contribution in [3.05, 3.63) is 64.9 Å². The summed E-state index contributed by atoms with van der Waals surface area (Å²) in [5.41, 5.74) is 3.06. The number of thioether (sulfide) groups is 1. The van der Waals surface area contributed by atoms with Gasteiger partial charge in [-0.05, 0) is 68.2 Å². The van der Waals surface area contributed by atoms with Crippen LogP contribution in [0.2, 0.25) is 5.02 Å². The topological polar surface area (TPSA) is 72.3 Å². The molecule has 174 valence electrons. The van der Waals surface area contributed by atoms with Gasteiger partial charge in [-0.15, -0.1) is 10.2 Å². The number of likely N-dealkylation sites (tertiary alicyclic amines) is 1. The number of rotatable bonds is 9. The summed E-state index contributed by atoms with van der Waals surface area (Å²) in [6, 6.07) is 14.0. The summed E-state index contributed by atoms with van der Waals surface area (Å²) in [5, 5.41) is 12.6. The Morgan fingerprint density at radius 2 is 1.97 bits per heavy atom. The lowest BCUT2D eigenvalue weighted by Crippen LogP contribution is -2.37. The molecule has 0 radical (unpaired) electrons. The fraction of sp³-hybridized carbons (Fsp3) is 0.375. The molecule has 33 heavy (non-hydrogen) atoms. The van der Waals surface area contributed by atoms with Gasteiger partial charge in [-0.25, -0.2) is 0 Å². The van der Waals surface area contributed by atoms with Crippen LogP contribution >= 0.6 is 23.4 Å². The quantitative estimate of drug-likeness (QED) is 0.456. The third-order valence-electron chi connectivity index (χ3n) is 5.86. The highest BCUT2D eigenvalue weighted by Crippen LogP contribution is 2.27. The Bertz CT molecular complexity index is 1080. The molecule has 7 nitrogen and oxygen atoms in total. The lowest BCUT2D eigenvalue weighted by Gasteiger charge is -2.28. The molecule has 1 aromatic heterocycles. The standard InChI is InChI=1S/C24H28ClN5O2S/c1-17-5-8-19(13-21(17)25)30-16-27-28-24(30)33-15-23(31)26-14-22(29-11-3-4-12-29)18-6-9-20(32-2)10-7-18/h5-10,13,16,22H,3-4,11-12,14-15H2,1-2H3,(H,26,31)/t22-/m1/s1. The number of methoxy groups -OCH3 is 1. The van der Waals surface area contributed by atoms with E-state index in [2.05, 4.69) is 32.5 Å². The van der Waals surface area contributed by atoms with Gasteiger partial charge >= 0.3 is 0 Å². The van der Waals surface area contributed by atoms with Gasteiger partial charge < -0.3 is 10.1 Å². The van der Waals surface area contributed by atoms with Crippen LogP contribution in [0.5, 0.6) is 5.75 Å². The Kier molecular flexibility index (Phi) is 7.90. The number of aromatic nitrogens is 3. The maximum atomic E-state index is 12.7. The monoisotopic (exact) mass is 485 g/mol. The molecular formula is C24H28ClN5O2S. The molecule has 2 heterocycles. The van der Waals surface area contributed by atoms with Gasteiger partial charge in [-0.2, -0.15) is 0 Å². The number of amides is 1. The van der Waals surface area contributed by atoms with Crippen LogP contribution in [-0.2, 0) is 4.79 Å². The number of nitrogens with one attached hydrogen (secondary N) is 1. The molecule has 1 aliphatic rings. The number of ether oxygens (including phenoxy) is 1. The maximum absolute atomic E-state index is 12.7. The Morgan fingerprint density at radius 1 is 1.21 bits per heavy atom. The molecular weight excluding hydrogens is 458 g/mol. The van der Waals surface area contributed by atoms with Crippen LogP contribution in [0.15, 0.2) is 53.9 Å². The molecule has 0 saturated carbocycles. The van der Waals surface area contributed by atoms with E-state index >= 15 is 0 Å². The van der Waals surface area contributed by atoms with Crippen molar-refractivity contribution in [2.75, 3.05) is 32.5 Å². The molecule has 3 aromatic rings. The van der Waals surface area contributed by atoms with E-state index in [1.807, 2.05) is 41.8 Å². The average molecular weight is 486 g/mol. The number of halogens is 1. The van der Waals surface area contributed by atoms with Crippen molar-refractivity contribution in [1.82, 2.24) is 25.0 Å². The van der Waals surface area contributed by atoms with Gasteiger partial charge in [0.2, 0.25) is 5.91 Å². The van der Waals surface area contributed by atoms with E-state index < -0.39 is 0 Å². The molecule has 0 aliphatic carbocycles. The van der Waals surface area contributed by atoms with E-state index in [1.165, 1.54) is 30.2 Å². The minimum absolute atomic E-state index is 0.0332. The molecule has 1 aliphatic heterocycles. The molecule has 1 N–H and O–H groups in total. The van der Waals surface area contributed by atoms with E-state index in [9.17, 15) is 4.79 Å². The summed E-state index contributed by atoms with van der Waals surface area (Å²) in [6.07, 6.45) is 4.01. The van der Waals surface area contributed by atoms with Crippen LogP contribution in [0, 0.1) is 6.92 Å². The summed E-state index contributed by atoms with van der Waals surface area (Å²) < 4.78 is 7.13. The fourth-order valence-electron chi connectivity index (χ4n) is 3.96. The first-order valence-corrected chi connectivity index (χ1v) is 12.4. The number of aryl methyl sites for hydroxylation is 1. The van der Waals surface area contributed by atoms with E-state index in [4.69, 9.17) is 16.3 Å². The van der Waals surface area contributed by atoms with Gasteiger partial charge in [0.25, 0.3) is 0 Å². The molecule has 9 heteroatoms. The average Bonchev–Trinajstić information content (AvgIpc) is 3.52. The Labute approximate surface area is 203 Å². The lowest BCUT2D eigenvalue weighted by molar-refractivity contribution is -0.118. The second-order valence-corrected chi connectivity index (χ2v) is 9.39. The van der Waals surface area contributed by atoms with Crippen LogP contribution in [0.25, 0.3) is 5.69 Å². The molecule has 0 spiro atoms. The smallest absolute Gasteiger partial charge is 0.230 e. The normalized spacial score (nSPS) is 14.9. The Morgan fingerprint density at radius 3 is 2.67 bits per heavy atom. The van der Waals surface area contributed by atoms with Gasteiger partial charge in [0.1, 0.15) is 12.1 Å². The second kappa shape index (κ2) is 11.0. The summed E-state index contributed by atoms with van der Waals surface area (Å²) in [6.45, 7) is 4.61. The lowest BCUT2D eigenvalue weighted by atomic mass is 10.1. The van der Waals surface area contributed by atoms with Crippen LogP contribution in [0.1, 0.15) is 30.0 Å². The van der Waals surface area contributed by atoms with E-state index in [-0.39, 0.29) is 17.7 Å². The van der Waals surface area contributed by atoms with E-state index in [1.54, 1.807) is 13.4 Å². The number of carbonyl (C=O) groups is 1. The van der Waals surface area contributed by atoms with Crippen LogP contribution in [0.4, 0.5) is 0 Å². The van der Waals surface area contributed by atoms with Gasteiger partial charge in [0, 0.05) is 11.6 Å². The highest BCUT2D eigenvalue weighted by atomic mass is 35.5. The fourth-order valence-corrected chi connectivity index (χ4v) is 4.89. The summed E-state index contributed by atoms with van der Waals surface area (Å²) >= 11 is 7.62. The predicted octanol–water partition coefficient (Wildman–Crippen LogP) is 4.28. The number of carbonyl (C=O) groups excluding carboxylic acids is 1. The first kappa shape index (κ1) is 23.6. The Hall–Kier alpha value is -2.55. The van der Waals surface area contributed by atoms with Gasteiger partial charge in [0.05, 0.1) is 24.6 Å². The van der Waals surface area contributed by atoms with Crippen LogP contribution in [0.3, 0.4) is 0 Å². The number of benzene rings is 2. The zero-order valence-corrected chi connectivity index (χ0v) is 20.4. The van der Waals surface area contributed by atoms with E-state index in [0.29, 0.717) is 16.7 Å². The maximum Gasteiger partial charge on any atom is 0.230 e. The van der Waals surface area contributed by atoms with Crippen molar-refractivity contribution in [3.8, 4) is 11.4 Å². The molecule has 4 rings (SSSR count). The molecule has 1 amide bonds. The van der Waals surface area contributed by atoms with Gasteiger partial charge in [-0.1, -0.05) is 41.6 Å². The first-order chi connectivity index (χ1) is 16.0. The third-order valence-corrected chi connectivity index (χ3v) is 7.21. The Balaban J connectivity index is 1.37.